The van der Waals surface area contributed by atoms with E-state index in [1.807, 2.05) is 29.6 Å². The molecule has 0 bridgehead atoms. The van der Waals surface area contributed by atoms with Crippen molar-refractivity contribution >= 4 is 17.2 Å². The number of nitrogens with zero attached hydrogens (tertiary/aromatic N) is 2. The number of carbonyl (C=O) groups excluding carboxylic acids is 1. The van der Waals surface area contributed by atoms with E-state index in [4.69, 9.17) is 8.94 Å². The van der Waals surface area contributed by atoms with Gasteiger partial charge in [0.15, 0.2) is 5.69 Å². The van der Waals surface area contributed by atoms with Crippen molar-refractivity contribution in [3.05, 3.63) is 64.1 Å². The van der Waals surface area contributed by atoms with Crippen molar-refractivity contribution in [2.75, 3.05) is 0 Å². The highest BCUT2D eigenvalue weighted by atomic mass is 32.1. The van der Waals surface area contributed by atoms with Crippen molar-refractivity contribution in [3.63, 3.8) is 0 Å². The Hall–Kier alpha value is -2.34. The molecule has 3 aromatic rings. The number of rotatable bonds is 5. The SMILES string of the molecule is Cc1cc(C(=O)N(Cc2ccco2)Cc2cccs2)no1. The average molecular weight is 302 g/mol. The maximum Gasteiger partial charge on any atom is 0.276 e. The molecule has 108 valence electrons. The Morgan fingerprint density at radius 1 is 1.33 bits per heavy atom. The highest BCUT2D eigenvalue weighted by molar-refractivity contribution is 7.09. The Kier molecular flexibility index (Phi) is 3.87. The zero-order valence-electron chi connectivity index (χ0n) is 11.5. The quantitative estimate of drug-likeness (QED) is 0.724. The molecule has 0 N–H and O–H groups in total. The van der Waals surface area contributed by atoms with Gasteiger partial charge in [0.2, 0.25) is 0 Å². The predicted octanol–water partition coefficient (Wildman–Crippen LogP) is 3.48. The summed E-state index contributed by atoms with van der Waals surface area (Å²) < 4.78 is 10.3. The van der Waals surface area contributed by atoms with Crippen LogP contribution in [0.2, 0.25) is 0 Å². The second kappa shape index (κ2) is 5.97. The van der Waals surface area contributed by atoms with Crippen molar-refractivity contribution in [1.82, 2.24) is 10.1 Å². The van der Waals surface area contributed by atoms with Crippen molar-refractivity contribution in [2.45, 2.75) is 20.0 Å². The molecule has 0 saturated carbocycles. The van der Waals surface area contributed by atoms with Crippen molar-refractivity contribution in [3.8, 4) is 0 Å². The number of hydrogen-bond acceptors (Lipinski definition) is 5. The Morgan fingerprint density at radius 2 is 2.24 bits per heavy atom. The topological polar surface area (TPSA) is 59.5 Å². The minimum atomic E-state index is -0.170. The van der Waals surface area contributed by atoms with Gasteiger partial charge in [0.25, 0.3) is 5.91 Å². The van der Waals surface area contributed by atoms with E-state index in [9.17, 15) is 4.79 Å². The summed E-state index contributed by atoms with van der Waals surface area (Å²) >= 11 is 1.61. The Labute approximate surface area is 125 Å². The fourth-order valence-corrected chi connectivity index (χ4v) is 2.73. The van der Waals surface area contributed by atoms with Crippen LogP contribution >= 0.6 is 11.3 Å². The average Bonchev–Trinajstić information content (AvgIpc) is 3.19. The van der Waals surface area contributed by atoms with E-state index in [1.54, 1.807) is 35.5 Å². The van der Waals surface area contributed by atoms with E-state index >= 15 is 0 Å². The van der Waals surface area contributed by atoms with E-state index in [-0.39, 0.29) is 5.91 Å². The molecular formula is C15H14N2O3S. The van der Waals surface area contributed by atoms with Gasteiger partial charge >= 0.3 is 0 Å². The molecule has 0 spiro atoms. The molecular weight excluding hydrogens is 288 g/mol. The molecule has 0 atom stereocenters. The Morgan fingerprint density at radius 3 is 2.86 bits per heavy atom. The van der Waals surface area contributed by atoms with E-state index in [0.717, 1.165) is 10.6 Å². The summed E-state index contributed by atoms with van der Waals surface area (Å²) in [5.74, 6) is 1.18. The normalized spacial score (nSPS) is 10.7. The van der Waals surface area contributed by atoms with Gasteiger partial charge in [-0.3, -0.25) is 4.79 Å². The van der Waals surface area contributed by atoms with Crippen LogP contribution in [0.25, 0.3) is 0 Å². The number of hydrogen-bond donors (Lipinski definition) is 0. The summed E-state index contributed by atoms with van der Waals surface area (Å²) in [6.45, 7) is 2.68. The molecule has 0 aliphatic rings. The van der Waals surface area contributed by atoms with Gasteiger partial charge < -0.3 is 13.8 Å². The molecule has 3 rings (SSSR count). The van der Waals surface area contributed by atoms with Crippen LogP contribution in [0, 0.1) is 6.92 Å². The number of thiophene rings is 1. The van der Waals surface area contributed by atoms with Gasteiger partial charge in [-0.15, -0.1) is 11.3 Å². The number of amides is 1. The first kappa shape index (κ1) is 13.6. The number of aromatic nitrogens is 1. The Balaban J connectivity index is 1.82. The van der Waals surface area contributed by atoms with E-state index in [0.29, 0.717) is 24.5 Å². The minimum Gasteiger partial charge on any atom is -0.467 e. The summed E-state index contributed by atoms with van der Waals surface area (Å²) in [6, 6.07) is 9.27. The highest BCUT2D eigenvalue weighted by Crippen LogP contribution is 2.17. The van der Waals surface area contributed by atoms with Crippen LogP contribution in [-0.2, 0) is 13.1 Å². The smallest absolute Gasteiger partial charge is 0.276 e. The molecule has 3 aromatic heterocycles. The van der Waals surface area contributed by atoms with Gasteiger partial charge in [-0.25, -0.2) is 0 Å². The lowest BCUT2D eigenvalue weighted by Crippen LogP contribution is -2.29. The molecule has 5 nitrogen and oxygen atoms in total. The molecule has 0 saturated heterocycles. The van der Waals surface area contributed by atoms with Crippen molar-refractivity contribution < 1.29 is 13.7 Å². The molecule has 0 aromatic carbocycles. The van der Waals surface area contributed by atoms with Gasteiger partial charge in [0.05, 0.1) is 19.4 Å². The zero-order valence-corrected chi connectivity index (χ0v) is 12.3. The number of furan rings is 1. The van der Waals surface area contributed by atoms with E-state index in [2.05, 4.69) is 5.16 Å². The highest BCUT2D eigenvalue weighted by Gasteiger charge is 2.21. The van der Waals surface area contributed by atoms with Gasteiger partial charge in [-0.1, -0.05) is 11.2 Å². The van der Waals surface area contributed by atoms with Crippen molar-refractivity contribution in [2.24, 2.45) is 0 Å². The van der Waals surface area contributed by atoms with E-state index < -0.39 is 0 Å². The molecule has 0 aliphatic carbocycles. The van der Waals surface area contributed by atoms with Gasteiger partial charge in [-0.05, 0) is 30.5 Å². The third kappa shape index (κ3) is 3.22. The van der Waals surface area contributed by atoms with Crippen LogP contribution in [0.1, 0.15) is 26.9 Å². The summed E-state index contributed by atoms with van der Waals surface area (Å²) in [5.41, 5.74) is 0.315. The van der Waals surface area contributed by atoms with Crippen LogP contribution in [0.4, 0.5) is 0 Å². The lowest BCUT2D eigenvalue weighted by Gasteiger charge is -2.19. The molecule has 3 heterocycles. The standard InChI is InChI=1S/C15H14N2O3S/c1-11-8-14(16-20-11)15(18)17(9-12-4-2-6-19-12)10-13-5-3-7-21-13/h2-8H,9-10H2,1H3. The molecule has 0 unspecified atom stereocenters. The van der Waals surface area contributed by atoms with Gasteiger partial charge in [0, 0.05) is 10.9 Å². The van der Waals surface area contributed by atoms with Crippen LogP contribution in [0.15, 0.2) is 50.9 Å². The lowest BCUT2D eigenvalue weighted by atomic mass is 10.3. The summed E-state index contributed by atoms with van der Waals surface area (Å²) in [5, 5.41) is 5.79. The molecule has 0 fully saturated rings. The monoisotopic (exact) mass is 302 g/mol. The third-order valence-electron chi connectivity index (χ3n) is 2.99. The number of aryl methyl sites for hydroxylation is 1. The first-order valence-corrected chi connectivity index (χ1v) is 7.37. The largest absolute Gasteiger partial charge is 0.467 e. The first-order chi connectivity index (χ1) is 10.2. The third-order valence-corrected chi connectivity index (χ3v) is 3.85. The predicted molar refractivity (Wildman–Crippen MR) is 77.8 cm³/mol. The second-order valence-corrected chi connectivity index (χ2v) is 5.67. The zero-order chi connectivity index (χ0) is 14.7. The minimum absolute atomic E-state index is 0.170. The van der Waals surface area contributed by atoms with Crippen LogP contribution < -0.4 is 0 Å². The maximum absolute atomic E-state index is 12.6. The summed E-state index contributed by atoms with van der Waals surface area (Å²) in [6.07, 6.45) is 1.60. The van der Waals surface area contributed by atoms with Gasteiger partial charge in [0.1, 0.15) is 11.5 Å². The number of carbonyl (C=O) groups is 1. The molecule has 21 heavy (non-hydrogen) atoms. The molecule has 0 radical (unpaired) electrons. The first-order valence-electron chi connectivity index (χ1n) is 6.50. The Bertz CT molecular complexity index is 665. The summed E-state index contributed by atoms with van der Waals surface area (Å²) in [7, 11) is 0. The molecule has 0 aliphatic heterocycles. The lowest BCUT2D eigenvalue weighted by molar-refractivity contribution is 0.0709. The second-order valence-electron chi connectivity index (χ2n) is 4.64. The van der Waals surface area contributed by atoms with Crippen LogP contribution in [0.3, 0.4) is 0 Å². The molecule has 6 heteroatoms. The summed E-state index contributed by atoms with van der Waals surface area (Å²) in [4.78, 5) is 15.4. The van der Waals surface area contributed by atoms with Crippen molar-refractivity contribution in [1.29, 1.82) is 0 Å². The van der Waals surface area contributed by atoms with Crippen LogP contribution in [0.5, 0.6) is 0 Å². The van der Waals surface area contributed by atoms with Crippen LogP contribution in [-0.4, -0.2) is 16.0 Å². The van der Waals surface area contributed by atoms with Gasteiger partial charge in [-0.2, -0.15) is 0 Å². The maximum atomic E-state index is 12.6. The van der Waals surface area contributed by atoms with E-state index in [1.165, 1.54) is 0 Å². The fourth-order valence-electron chi connectivity index (χ4n) is 2.01. The molecule has 1 amide bonds. The fraction of sp³-hybridized carbons (Fsp3) is 0.200.